The van der Waals surface area contributed by atoms with Crippen molar-refractivity contribution < 1.29 is 14.7 Å². The largest absolute Gasteiger partial charge is 0.480 e. The summed E-state index contributed by atoms with van der Waals surface area (Å²) in [6.45, 7) is 6.93. The number of carbonyl (C=O) groups excluding carboxylic acids is 1. The highest BCUT2D eigenvalue weighted by Crippen LogP contribution is 2.25. The van der Waals surface area contributed by atoms with Crippen LogP contribution in [0.5, 0.6) is 0 Å². The van der Waals surface area contributed by atoms with Crippen LogP contribution in [0.3, 0.4) is 0 Å². The maximum Gasteiger partial charge on any atom is 0.323 e. The summed E-state index contributed by atoms with van der Waals surface area (Å²) in [6, 6.07) is 0.170. The van der Waals surface area contributed by atoms with Crippen LogP contribution < -0.4 is 0 Å². The van der Waals surface area contributed by atoms with Crippen molar-refractivity contribution in [1.82, 2.24) is 9.80 Å². The zero-order chi connectivity index (χ0) is 14.4. The van der Waals surface area contributed by atoms with Crippen molar-refractivity contribution in [3.05, 3.63) is 0 Å². The van der Waals surface area contributed by atoms with Crippen molar-refractivity contribution in [2.45, 2.75) is 52.5 Å². The van der Waals surface area contributed by atoms with Crippen molar-refractivity contribution >= 4 is 12.0 Å². The molecular weight excluding hydrogens is 244 g/mol. The van der Waals surface area contributed by atoms with Crippen molar-refractivity contribution in [2.24, 2.45) is 5.92 Å². The summed E-state index contributed by atoms with van der Waals surface area (Å²) >= 11 is 0. The van der Waals surface area contributed by atoms with Crippen LogP contribution in [0.2, 0.25) is 0 Å². The molecule has 0 unspecified atom stereocenters. The summed E-state index contributed by atoms with van der Waals surface area (Å²) in [7, 11) is 0. The van der Waals surface area contributed by atoms with E-state index in [0.29, 0.717) is 19.0 Å². The predicted molar refractivity (Wildman–Crippen MR) is 74.1 cm³/mol. The topological polar surface area (TPSA) is 60.9 Å². The van der Waals surface area contributed by atoms with Gasteiger partial charge in [-0.05, 0) is 25.7 Å². The third-order valence-corrected chi connectivity index (χ3v) is 3.55. The molecule has 0 radical (unpaired) electrons. The molecule has 1 N–H and O–H groups in total. The quantitative estimate of drug-likeness (QED) is 0.806. The number of urea groups is 1. The second-order valence-corrected chi connectivity index (χ2v) is 5.67. The van der Waals surface area contributed by atoms with E-state index in [1.54, 1.807) is 0 Å². The number of rotatable bonds is 6. The number of carbonyl (C=O) groups is 2. The average Bonchev–Trinajstić information content (AvgIpc) is 2.85. The number of hydrogen-bond donors (Lipinski definition) is 1. The number of amides is 2. The first kappa shape index (κ1) is 15.8. The van der Waals surface area contributed by atoms with Crippen LogP contribution in [0, 0.1) is 5.92 Å². The normalized spacial score (nSPS) is 15.8. The van der Waals surface area contributed by atoms with Crippen molar-refractivity contribution in [3.63, 3.8) is 0 Å². The molecule has 0 bridgehead atoms. The molecule has 1 saturated carbocycles. The molecule has 0 saturated heterocycles. The summed E-state index contributed by atoms with van der Waals surface area (Å²) in [6.07, 6.45) is 4.42. The Hall–Kier alpha value is -1.26. The lowest BCUT2D eigenvalue weighted by Crippen LogP contribution is -2.50. The minimum absolute atomic E-state index is 0.120. The van der Waals surface area contributed by atoms with E-state index in [4.69, 9.17) is 5.11 Å². The molecule has 0 aromatic carbocycles. The molecule has 0 atom stereocenters. The van der Waals surface area contributed by atoms with Gasteiger partial charge in [-0.1, -0.05) is 26.7 Å². The Bertz CT molecular complexity index is 312. The van der Waals surface area contributed by atoms with Gasteiger partial charge in [0.1, 0.15) is 6.54 Å². The monoisotopic (exact) mass is 270 g/mol. The molecule has 2 amide bonds. The number of hydrogen-bond acceptors (Lipinski definition) is 2. The van der Waals surface area contributed by atoms with Gasteiger partial charge in [-0.2, -0.15) is 0 Å². The van der Waals surface area contributed by atoms with E-state index in [9.17, 15) is 9.59 Å². The highest BCUT2D eigenvalue weighted by atomic mass is 16.4. The SMILES string of the molecule is CCN(CC(=O)O)C(=O)N(CC(C)C)C1CCCC1. The van der Waals surface area contributed by atoms with Gasteiger partial charge < -0.3 is 14.9 Å². The Labute approximate surface area is 115 Å². The molecule has 19 heavy (non-hydrogen) atoms. The number of likely N-dealkylation sites (N-methyl/N-ethyl adjacent to an activating group) is 1. The van der Waals surface area contributed by atoms with Gasteiger partial charge in [0.2, 0.25) is 0 Å². The first-order chi connectivity index (χ1) is 8.95. The molecule has 0 spiro atoms. The van der Waals surface area contributed by atoms with Gasteiger partial charge in [-0.25, -0.2) is 4.79 Å². The van der Waals surface area contributed by atoms with Gasteiger partial charge >= 0.3 is 12.0 Å². The van der Waals surface area contributed by atoms with Crippen LogP contribution in [-0.2, 0) is 4.79 Å². The van der Waals surface area contributed by atoms with E-state index in [-0.39, 0.29) is 18.6 Å². The number of carboxylic acids is 1. The lowest BCUT2D eigenvalue weighted by molar-refractivity contribution is -0.137. The lowest BCUT2D eigenvalue weighted by Gasteiger charge is -2.34. The second kappa shape index (κ2) is 7.36. The average molecular weight is 270 g/mol. The van der Waals surface area contributed by atoms with Gasteiger partial charge in [0.25, 0.3) is 0 Å². The molecule has 5 nitrogen and oxygen atoms in total. The fraction of sp³-hybridized carbons (Fsp3) is 0.857. The Morgan fingerprint density at radius 2 is 1.84 bits per heavy atom. The number of aliphatic carboxylic acids is 1. The van der Waals surface area contributed by atoms with Crippen molar-refractivity contribution in [3.8, 4) is 0 Å². The Kier molecular flexibility index (Phi) is 6.12. The standard InChI is InChI=1S/C14H26N2O3/c1-4-15(10-13(17)18)14(19)16(9-11(2)3)12-7-5-6-8-12/h11-12H,4-10H2,1-3H3,(H,17,18). The first-order valence-corrected chi connectivity index (χ1v) is 7.23. The minimum atomic E-state index is -0.953. The molecule has 110 valence electrons. The summed E-state index contributed by atoms with van der Waals surface area (Å²) in [5.41, 5.74) is 0. The molecule has 1 fully saturated rings. The van der Waals surface area contributed by atoms with E-state index in [0.717, 1.165) is 25.7 Å². The van der Waals surface area contributed by atoms with Crippen molar-refractivity contribution in [2.75, 3.05) is 19.6 Å². The van der Waals surface area contributed by atoms with Crippen LogP contribution >= 0.6 is 0 Å². The zero-order valence-corrected chi connectivity index (χ0v) is 12.3. The van der Waals surface area contributed by atoms with Gasteiger partial charge in [0.05, 0.1) is 0 Å². The first-order valence-electron chi connectivity index (χ1n) is 7.23. The number of carboxylic acid groups (broad SMARTS) is 1. The van der Waals surface area contributed by atoms with Crippen LogP contribution in [-0.4, -0.2) is 52.6 Å². The summed E-state index contributed by atoms with van der Waals surface area (Å²) < 4.78 is 0. The van der Waals surface area contributed by atoms with Gasteiger partial charge in [-0.15, -0.1) is 0 Å². The van der Waals surface area contributed by atoms with Gasteiger partial charge in [0, 0.05) is 19.1 Å². The summed E-state index contributed by atoms with van der Waals surface area (Å²) in [5.74, 6) is -0.556. The maximum absolute atomic E-state index is 12.5. The van der Waals surface area contributed by atoms with E-state index in [2.05, 4.69) is 13.8 Å². The van der Waals surface area contributed by atoms with Crippen LogP contribution in [0.25, 0.3) is 0 Å². The molecular formula is C14H26N2O3. The van der Waals surface area contributed by atoms with Gasteiger partial charge in [-0.3, -0.25) is 4.79 Å². The highest BCUT2D eigenvalue weighted by molar-refractivity contribution is 5.80. The molecule has 5 heteroatoms. The smallest absolute Gasteiger partial charge is 0.323 e. The molecule has 1 aliphatic carbocycles. The van der Waals surface area contributed by atoms with Crippen LogP contribution in [0.15, 0.2) is 0 Å². The zero-order valence-electron chi connectivity index (χ0n) is 12.3. The fourth-order valence-electron chi connectivity index (χ4n) is 2.65. The maximum atomic E-state index is 12.5. The van der Waals surface area contributed by atoms with E-state index in [1.807, 2.05) is 11.8 Å². The fourth-order valence-corrected chi connectivity index (χ4v) is 2.65. The second-order valence-electron chi connectivity index (χ2n) is 5.67. The van der Waals surface area contributed by atoms with E-state index < -0.39 is 5.97 Å². The summed E-state index contributed by atoms with van der Waals surface area (Å²) in [5, 5.41) is 8.88. The lowest BCUT2D eigenvalue weighted by atomic mass is 10.1. The van der Waals surface area contributed by atoms with E-state index in [1.165, 1.54) is 4.90 Å². The molecule has 0 aromatic heterocycles. The Balaban J connectivity index is 2.76. The molecule has 0 aromatic rings. The molecule has 1 rings (SSSR count). The van der Waals surface area contributed by atoms with E-state index >= 15 is 0 Å². The Morgan fingerprint density at radius 3 is 2.26 bits per heavy atom. The highest BCUT2D eigenvalue weighted by Gasteiger charge is 2.30. The predicted octanol–water partition coefficient (Wildman–Crippen LogP) is 2.41. The third-order valence-electron chi connectivity index (χ3n) is 3.55. The number of nitrogens with zero attached hydrogens (tertiary/aromatic N) is 2. The van der Waals surface area contributed by atoms with Crippen molar-refractivity contribution in [1.29, 1.82) is 0 Å². The van der Waals surface area contributed by atoms with Crippen LogP contribution in [0.1, 0.15) is 46.5 Å². The minimum Gasteiger partial charge on any atom is -0.480 e. The Morgan fingerprint density at radius 1 is 1.26 bits per heavy atom. The molecule has 1 aliphatic rings. The summed E-state index contributed by atoms with van der Waals surface area (Å²) in [4.78, 5) is 26.7. The van der Waals surface area contributed by atoms with Gasteiger partial charge in [0.15, 0.2) is 0 Å². The van der Waals surface area contributed by atoms with Crippen LogP contribution in [0.4, 0.5) is 4.79 Å². The third kappa shape index (κ3) is 4.73. The molecule has 0 heterocycles. The molecule has 0 aliphatic heterocycles.